The molecule has 0 saturated carbocycles. The fourth-order valence-electron chi connectivity index (χ4n) is 3.67. The minimum absolute atomic E-state index is 0.00901. The molecule has 0 aliphatic carbocycles. The number of piperidine rings is 1. The number of para-hydroxylation sites is 1. The second-order valence-electron chi connectivity index (χ2n) is 7.96. The number of aromatic nitrogens is 2. The number of likely N-dealkylation sites (tertiary alicyclic amines) is 1. The summed E-state index contributed by atoms with van der Waals surface area (Å²) in [5.41, 5.74) is 1.45. The van der Waals surface area contributed by atoms with Gasteiger partial charge in [0.2, 0.25) is 10.0 Å². The number of hydrogen-bond donors (Lipinski definition) is 4. The van der Waals surface area contributed by atoms with E-state index in [9.17, 15) is 13.2 Å². The van der Waals surface area contributed by atoms with E-state index in [0.29, 0.717) is 12.2 Å². The lowest BCUT2D eigenvalue weighted by Crippen LogP contribution is -2.46. The average molecular weight is 498 g/mol. The first kappa shape index (κ1) is 27.2. The minimum Gasteiger partial charge on any atom is -0.473 e. The predicted molar refractivity (Wildman–Crippen MR) is 125 cm³/mol. The van der Waals surface area contributed by atoms with Crippen molar-refractivity contribution in [3.8, 4) is 0 Å². The number of sulfonamides is 1. The molecule has 2 aromatic rings. The molecule has 1 fully saturated rings. The van der Waals surface area contributed by atoms with Crippen LogP contribution in [0.5, 0.6) is 0 Å². The van der Waals surface area contributed by atoms with Crippen molar-refractivity contribution in [1.29, 1.82) is 0 Å². The molecule has 0 bridgehead atoms. The van der Waals surface area contributed by atoms with Crippen molar-refractivity contribution in [3.05, 3.63) is 30.0 Å². The van der Waals surface area contributed by atoms with Crippen LogP contribution in [-0.4, -0.2) is 89.6 Å². The van der Waals surface area contributed by atoms with Gasteiger partial charge in [-0.1, -0.05) is 25.1 Å². The van der Waals surface area contributed by atoms with Crippen LogP contribution in [0, 0.1) is 0 Å². The summed E-state index contributed by atoms with van der Waals surface area (Å²) in [5.74, 6) is -3.80. The second-order valence-corrected chi connectivity index (χ2v) is 9.74. The molecule has 1 aliphatic rings. The first-order valence-corrected chi connectivity index (χ1v) is 12.8. The van der Waals surface area contributed by atoms with Gasteiger partial charge in [0.05, 0.1) is 11.8 Å². The van der Waals surface area contributed by atoms with Crippen LogP contribution in [-0.2, 0) is 26.2 Å². The van der Waals surface area contributed by atoms with Crippen LogP contribution in [0.15, 0.2) is 24.3 Å². The summed E-state index contributed by atoms with van der Waals surface area (Å²) in [6, 6.07) is 7.81. The molecule has 1 aromatic heterocycles. The highest BCUT2D eigenvalue weighted by molar-refractivity contribution is 7.88. The SMILES string of the molecule is CCCn1nc(C(=O)NCCN2CCC(NS(C)(=O)=O)CC2)c2ccccc21.O=C(O)C(=O)O. The predicted octanol–water partition coefficient (Wildman–Crippen LogP) is 0.345. The van der Waals surface area contributed by atoms with E-state index in [1.54, 1.807) is 0 Å². The molecule has 1 saturated heterocycles. The van der Waals surface area contributed by atoms with Gasteiger partial charge in [0.1, 0.15) is 0 Å². The lowest BCUT2D eigenvalue weighted by molar-refractivity contribution is -0.159. The molecule has 3 rings (SSSR count). The summed E-state index contributed by atoms with van der Waals surface area (Å²) in [7, 11) is -3.15. The van der Waals surface area contributed by atoms with Crippen LogP contribution in [0.4, 0.5) is 0 Å². The summed E-state index contributed by atoms with van der Waals surface area (Å²) in [4.78, 5) is 33.1. The Hall–Kier alpha value is -3.03. The Bertz CT molecular complexity index is 1100. The van der Waals surface area contributed by atoms with E-state index in [-0.39, 0.29) is 11.9 Å². The van der Waals surface area contributed by atoms with Crippen molar-refractivity contribution in [1.82, 2.24) is 24.7 Å². The van der Waals surface area contributed by atoms with Crippen molar-refractivity contribution >= 4 is 38.8 Å². The summed E-state index contributed by atoms with van der Waals surface area (Å²) >= 11 is 0. The van der Waals surface area contributed by atoms with E-state index < -0.39 is 22.0 Å². The fourth-order valence-corrected chi connectivity index (χ4v) is 4.51. The molecule has 34 heavy (non-hydrogen) atoms. The highest BCUT2D eigenvalue weighted by Gasteiger charge is 2.22. The number of carboxylic acid groups (broad SMARTS) is 2. The highest BCUT2D eigenvalue weighted by atomic mass is 32.2. The quantitative estimate of drug-likeness (QED) is 0.376. The number of aliphatic carboxylic acids is 2. The third-order valence-corrected chi connectivity index (χ3v) is 5.93. The maximum absolute atomic E-state index is 12.6. The molecule has 0 atom stereocenters. The Balaban J connectivity index is 0.000000604. The highest BCUT2D eigenvalue weighted by Crippen LogP contribution is 2.18. The van der Waals surface area contributed by atoms with Crippen LogP contribution in [0.3, 0.4) is 0 Å². The zero-order valence-electron chi connectivity index (χ0n) is 19.2. The normalized spacial score (nSPS) is 14.9. The van der Waals surface area contributed by atoms with Crippen LogP contribution in [0.1, 0.15) is 36.7 Å². The van der Waals surface area contributed by atoms with E-state index in [1.807, 2.05) is 28.9 Å². The molecule has 2 heterocycles. The standard InChI is InChI=1S/C19H29N5O3S.C2H2O4/c1-3-11-24-17-7-5-4-6-16(17)18(21-24)19(25)20-10-14-23-12-8-15(9-13-23)22-28(2,26)27;3-1(4)2(5)6/h4-7,15,22H,3,8-14H2,1-2H3,(H,20,25);(H,3,4)(H,5,6). The Morgan fingerprint density at radius 3 is 2.26 bits per heavy atom. The fraction of sp³-hybridized carbons (Fsp3) is 0.524. The largest absolute Gasteiger partial charge is 0.473 e. The van der Waals surface area contributed by atoms with Crippen LogP contribution in [0.2, 0.25) is 0 Å². The lowest BCUT2D eigenvalue weighted by Gasteiger charge is -2.31. The minimum atomic E-state index is -3.15. The molecular formula is C21H31N5O7S. The lowest BCUT2D eigenvalue weighted by atomic mass is 10.1. The monoisotopic (exact) mass is 497 g/mol. The van der Waals surface area contributed by atoms with Crippen molar-refractivity contribution in [2.24, 2.45) is 0 Å². The van der Waals surface area contributed by atoms with Gasteiger partial charge < -0.3 is 20.4 Å². The van der Waals surface area contributed by atoms with E-state index in [0.717, 1.165) is 56.3 Å². The van der Waals surface area contributed by atoms with Crippen molar-refractivity contribution in [3.63, 3.8) is 0 Å². The topological polar surface area (TPSA) is 171 Å². The van der Waals surface area contributed by atoms with Crippen LogP contribution >= 0.6 is 0 Å². The van der Waals surface area contributed by atoms with E-state index in [2.05, 4.69) is 27.0 Å². The number of amides is 1. The van der Waals surface area contributed by atoms with Gasteiger partial charge in [-0.3, -0.25) is 9.48 Å². The van der Waals surface area contributed by atoms with Gasteiger partial charge in [-0.15, -0.1) is 0 Å². The number of hydrogen-bond acceptors (Lipinski definition) is 7. The molecule has 13 heteroatoms. The molecule has 4 N–H and O–H groups in total. The summed E-state index contributed by atoms with van der Waals surface area (Å²) in [6.07, 6.45) is 3.72. The summed E-state index contributed by atoms with van der Waals surface area (Å²) < 4.78 is 27.2. The maximum atomic E-state index is 12.6. The molecular weight excluding hydrogens is 466 g/mol. The van der Waals surface area contributed by atoms with Gasteiger partial charge in [0.15, 0.2) is 5.69 Å². The van der Waals surface area contributed by atoms with Gasteiger partial charge in [-0.05, 0) is 38.4 Å². The molecule has 1 aromatic carbocycles. The van der Waals surface area contributed by atoms with Crippen LogP contribution in [0.25, 0.3) is 10.9 Å². The average Bonchev–Trinajstić information content (AvgIpc) is 3.13. The number of rotatable bonds is 8. The summed E-state index contributed by atoms with van der Waals surface area (Å²) in [5, 5.41) is 23.1. The van der Waals surface area contributed by atoms with Gasteiger partial charge in [0, 0.05) is 31.1 Å². The van der Waals surface area contributed by atoms with Crippen molar-refractivity contribution in [2.75, 3.05) is 32.4 Å². The maximum Gasteiger partial charge on any atom is 0.414 e. The first-order chi connectivity index (χ1) is 16.0. The third-order valence-electron chi connectivity index (χ3n) is 5.17. The second kappa shape index (κ2) is 12.4. The number of carbonyl (C=O) groups excluding carboxylic acids is 1. The zero-order valence-corrected chi connectivity index (χ0v) is 20.0. The Morgan fingerprint density at radius 2 is 1.71 bits per heavy atom. The first-order valence-electron chi connectivity index (χ1n) is 10.9. The molecule has 1 amide bonds. The number of nitrogens with one attached hydrogen (secondary N) is 2. The Kier molecular flexibility index (Phi) is 9.96. The van der Waals surface area contributed by atoms with E-state index >= 15 is 0 Å². The van der Waals surface area contributed by atoms with Crippen molar-refractivity contribution in [2.45, 2.75) is 38.8 Å². The Morgan fingerprint density at radius 1 is 1.09 bits per heavy atom. The number of carboxylic acids is 2. The zero-order chi connectivity index (χ0) is 25.3. The van der Waals surface area contributed by atoms with Crippen molar-refractivity contribution < 1.29 is 33.0 Å². The van der Waals surface area contributed by atoms with Crippen LogP contribution < -0.4 is 10.0 Å². The van der Waals surface area contributed by atoms with Gasteiger partial charge in [0.25, 0.3) is 5.91 Å². The molecule has 12 nitrogen and oxygen atoms in total. The number of aryl methyl sites for hydroxylation is 1. The number of nitrogens with zero attached hydrogens (tertiary/aromatic N) is 3. The number of fused-ring (bicyclic) bond motifs is 1. The van der Waals surface area contributed by atoms with Gasteiger partial charge >= 0.3 is 11.9 Å². The van der Waals surface area contributed by atoms with E-state index in [4.69, 9.17) is 19.8 Å². The summed E-state index contributed by atoms with van der Waals surface area (Å²) in [6.45, 7) is 5.78. The molecule has 188 valence electrons. The third kappa shape index (κ3) is 8.39. The molecule has 0 radical (unpaired) electrons. The number of benzene rings is 1. The van der Waals surface area contributed by atoms with Gasteiger partial charge in [-0.25, -0.2) is 22.7 Å². The molecule has 0 unspecified atom stereocenters. The smallest absolute Gasteiger partial charge is 0.414 e. The Labute approximate surface area is 198 Å². The molecule has 1 aliphatic heterocycles. The van der Waals surface area contributed by atoms with Gasteiger partial charge in [-0.2, -0.15) is 5.10 Å². The molecule has 0 spiro atoms. The number of carbonyl (C=O) groups is 3. The van der Waals surface area contributed by atoms with E-state index in [1.165, 1.54) is 6.26 Å².